The van der Waals surface area contributed by atoms with Crippen molar-refractivity contribution in [2.75, 3.05) is 0 Å². The molecule has 0 spiro atoms. The van der Waals surface area contributed by atoms with E-state index in [4.69, 9.17) is 81.2 Å². The zero-order valence-electron chi connectivity index (χ0n) is 6.88. The van der Waals surface area contributed by atoms with Crippen LogP contribution in [-0.2, 0) is 0 Å². The highest BCUT2D eigenvalue weighted by Gasteiger charge is 2.22. The first kappa shape index (κ1) is 14.3. The predicted molar refractivity (Wildman–Crippen MR) is 70.4 cm³/mol. The third-order valence-corrected chi connectivity index (χ3v) is 3.87. The lowest BCUT2D eigenvalue weighted by molar-refractivity contribution is 1.22. The van der Waals surface area contributed by atoms with Crippen molar-refractivity contribution in [3.05, 3.63) is 32.3 Å². The van der Waals surface area contributed by atoms with Crippen LogP contribution in [-0.4, -0.2) is 0 Å². The van der Waals surface area contributed by atoms with Gasteiger partial charge in [0.1, 0.15) is 9.67 Å². The minimum atomic E-state index is -0.873. The van der Waals surface area contributed by atoms with E-state index in [0.29, 0.717) is 11.1 Å². The second-order valence-electron chi connectivity index (χ2n) is 2.59. The first-order chi connectivity index (χ1) is 6.86. The second kappa shape index (κ2) is 5.73. The van der Waals surface area contributed by atoms with Gasteiger partial charge in [-0.3, -0.25) is 0 Å². The van der Waals surface area contributed by atoms with Crippen molar-refractivity contribution in [3.63, 3.8) is 0 Å². The lowest BCUT2D eigenvalue weighted by Gasteiger charge is -2.15. The molecule has 0 unspecified atom stereocenters. The van der Waals surface area contributed by atoms with Crippen LogP contribution in [0, 0.1) is 0 Å². The van der Waals surface area contributed by atoms with E-state index in [1.165, 1.54) is 6.07 Å². The Morgan fingerprint density at radius 3 is 1.73 bits per heavy atom. The summed E-state index contributed by atoms with van der Waals surface area (Å²) >= 11 is 40.6. The van der Waals surface area contributed by atoms with E-state index in [9.17, 15) is 0 Å². The van der Waals surface area contributed by atoms with Crippen LogP contribution < -0.4 is 0 Å². The maximum Gasteiger partial charge on any atom is 0.134 e. The Bertz CT molecular complexity index is 372. The predicted octanol–water partition coefficient (Wildman–Crippen LogP) is 6.60. The third kappa shape index (κ3) is 3.13. The van der Waals surface area contributed by atoms with Gasteiger partial charge in [0.2, 0.25) is 0 Å². The van der Waals surface area contributed by atoms with Gasteiger partial charge in [-0.1, -0.05) is 58.0 Å². The molecular weight excluding hydrogens is 344 g/mol. The van der Waals surface area contributed by atoms with Gasteiger partial charge >= 0.3 is 0 Å². The summed E-state index contributed by atoms with van der Waals surface area (Å²) in [5.41, 5.74) is 0.831. The highest BCUT2D eigenvalue weighted by atomic mass is 35.5. The summed E-state index contributed by atoms with van der Waals surface area (Å²) in [4.78, 5) is -1.70. The van der Waals surface area contributed by atoms with Gasteiger partial charge in [-0.15, -0.1) is 23.2 Å². The zero-order valence-corrected chi connectivity index (χ0v) is 12.2. The number of alkyl halides is 4. The van der Waals surface area contributed by atoms with Gasteiger partial charge in [-0.05, 0) is 11.6 Å². The molecule has 0 aliphatic heterocycles. The highest BCUT2D eigenvalue weighted by molar-refractivity contribution is 6.51. The number of hydrogen-bond acceptors (Lipinski definition) is 0. The van der Waals surface area contributed by atoms with E-state index in [2.05, 4.69) is 0 Å². The Morgan fingerprint density at radius 1 is 0.800 bits per heavy atom. The largest absolute Gasteiger partial charge is 0.134 e. The molecule has 0 saturated heterocycles. The molecule has 1 aromatic carbocycles. The van der Waals surface area contributed by atoms with E-state index in [-0.39, 0.29) is 15.1 Å². The maximum absolute atomic E-state index is 5.94. The molecule has 0 heterocycles. The van der Waals surface area contributed by atoms with Crippen LogP contribution in [0.5, 0.6) is 0 Å². The van der Waals surface area contributed by atoms with Crippen LogP contribution in [0.15, 0.2) is 6.07 Å². The Labute approximate surface area is 122 Å². The molecule has 7 heteroatoms. The van der Waals surface area contributed by atoms with E-state index >= 15 is 0 Å². The van der Waals surface area contributed by atoms with Crippen LogP contribution in [0.3, 0.4) is 0 Å². The first-order valence-electron chi connectivity index (χ1n) is 3.59. The molecule has 0 aliphatic carbocycles. The van der Waals surface area contributed by atoms with Crippen molar-refractivity contribution in [1.82, 2.24) is 0 Å². The van der Waals surface area contributed by atoms with Gasteiger partial charge in [0.05, 0.1) is 15.1 Å². The molecule has 1 rings (SSSR count). The van der Waals surface area contributed by atoms with Crippen molar-refractivity contribution in [2.24, 2.45) is 0 Å². The Hall–Kier alpha value is 1.25. The van der Waals surface area contributed by atoms with Gasteiger partial charge in [0.15, 0.2) is 0 Å². The summed E-state index contributed by atoms with van der Waals surface area (Å²) < 4.78 is 0. The van der Waals surface area contributed by atoms with E-state index in [1.807, 2.05) is 0 Å². The Balaban J connectivity index is 3.51. The summed E-state index contributed by atoms with van der Waals surface area (Å²) in [5.74, 6) is 0. The lowest BCUT2D eigenvalue weighted by atomic mass is 10.1. The summed E-state index contributed by atoms with van der Waals surface area (Å²) in [6, 6.07) is 1.49. The van der Waals surface area contributed by atoms with E-state index in [0.717, 1.165) is 0 Å². The molecule has 0 atom stereocenters. The van der Waals surface area contributed by atoms with Crippen molar-refractivity contribution >= 4 is 81.2 Å². The normalized spacial score (nSPS) is 11.5. The summed E-state index contributed by atoms with van der Waals surface area (Å²) in [6.45, 7) is 0. The lowest BCUT2D eigenvalue weighted by Crippen LogP contribution is -1.95. The summed E-state index contributed by atoms with van der Waals surface area (Å²) in [6.07, 6.45) is 0. The average Bonchev–Trinajstić information content (AvgIpc) is 2.12. The fourth-order valence-electron chi connectivity index (χ4n) is 1.03. The molecule has 0 bridgehead atoms. The SMILES string of the molecule is Clc1cc(C(Cl)Cl)c(C(Cl)Cl)c(Cl)c1Cl. The van der Waals surface area contributed by atoms with E-state index in [1.54, 1.807) is 0 Å². The average molecular weight is 347 g/mol. The molecule has 0 radical (unpaired) electrons. The minimum Gasteiger partial charge on any atom is -0.100 e. The summed E-state index contributed by atoms with van der Waals surface area (Å²) in [7, 11) is 0. The Kier molecular flexibility index (Phi) is 5.47. The fourth-order valence-corrected chi connectivity index (χ4v) is 2.71. The molecule has 0 amide bonds. The molecule has 0 N–H and O–H groups in total. The molecule has 84 valence electrons. The van der Waals surface area contributed by atoms with Crippen LogP contribution >= 0.6 is 81.2 Å². The van der Waals surface area contributed by atoms with Gasteiger partial charge in [-0.2, -0.15) is 0 Å². The van der Waals surface area contributed by atoms with Gasteiger partial charge in [0, 0.05) is 5.56 Å². The zero-order chi connectivity index (χ0) is 11.7. The molecule has 0 fully saturated rings. The Morgan fingerprint density at radius 2 is 1.33 bits per heavy atom. The van der Waals surface area contributed by atoms with Gasteiger partial charge < -0.3 is 0 Å². The van der Waals surface area contributed by atoms with Crippen molar-refractivity contribution in [3.8, 4) is 0 Å². The quantitative estimate of drug-likeness (QED) is 0.418. The molecule has 0 aromatic heterocycles. The van der Waals surface area contributed by atoms with Crippen LogP contribution in [0.1, 0.15) is 20.8 Å². The monoisotopic (exact) mass is 344 g/mol. The van der Waals surface area contributed by atoms with Gasteiger partial charge in [0.25, 0.3) is 0 Å². The maximum atomic E-state index is 5.94. The number of rotatable bonds is 2. The minimum absolute atomic E-state index is 0.167. The molecule has 0 saturated carbocycles. The number of halogens is 7. The molecular formula is C8H3Cl7. The molecule has 15 heavy (non-hydrogen) atoms. The number of benzene rings is 1. The first-order valence-corrected chi connectivity index (χ1v) is 6.47. The molecule has 0 nitrogen and oxygen atoms in total. The van der Waals surface area contributed by atoms with Crippen molar-refractivity contribution in [2.45, 2.75) is 9.67 Å². The fraction of sp³-hybridized carbons (Fsp3) is 0.250. The highest BCUT2D eigenvalue weighted by Crippen LogP contribution is 2.45. The molecule has 0 aliphatic rings. The van der Waals surface area contributed by atoms with E-state index < -0.39 is 9.67 Å². The third-order valence-electron chi connectivity index (χ3n) is 1.69. The topological polar surface area (TPSA) is 0 Å². The second-order valence-corrected chi connectivity index (χ2v) is 5.95. The standard InChI is InChI=1S/C8H3Cl7/c9-3-1-2(7(12)13)4(8(14)15)6(11)5(3)10/h1,7-8H. The molecule has 1 aromatic rings. The number of hydrogen-bond donors (Lipinski definition) is 0. The van der Waals surface area contributed by atoms with Gasteiger partial charge in [-0.25, -0.2) is 0 Å². The van der Waals surface area contributed by atoms with Crippen molar-refractivity contribution in [1.29, 1.82) is 0 Å². The van der Waals surface area contributed by atoms with Crippen LogP contribution in [0.4, 0.5) is 0 Å². The van der Waals surface area contributed by atoms with Crippen molar-refractivity contribution < 1.29 is 0 Å². The van der Waals surface area contributed by atoms with Crippen LogP contribution in [0.2, 0.25) is 15.1 Å². The van der Waals surface area contributed by atoms with Crippen LogP contribution in [0.25, 0.3) is 0 Å². The smallest absolute Gasteiger partial charge is 0.100 e. The summed E-state index contributed by atoms with van der Waals surface area (Å²) in [5, 5.41) is 0.596.